The fraction of sp³-hybridized carbons (Fsp3) is 0.200. The Morgan fingerprint density at radius 1 is 1.00 bits per heavy atom. The maximum Gasteiger partial charge on any atom is 0.336 e. The van der Waals surface area contributed by atoms with E-state index in [0.29, 0.717) is 16.9 Å². The molecule has 4 nitrogen and oxygen atoms in total. The van der Waals surface area contributed by atoms with Gasteiger partial charge in [0.2, 0.25) is 0 Å². The lowest BCUT2D eigenvalue weighted by Gasteiger charge is -2.07. The molecule has 0 bridgehead atoms. The highest BCUT2D eigenvalue weighted by Gasteiger charge is 2.14. The normalized spacial score (nSPS) is 13.0. The number of carbonyl (C=O) groups is 1. The molecule has 0 saturated heterocycles. The minimum atomic E-state index is -0.408. The Labute approximate surface area is 138 Å². The number of fused-ring (bicyclic) bond motifs is 2. The van der Waals surface area contributed by atoms with E-state index in [0.717, 1.165) is 24.6 Å². The number of hydrogen-bond acceptors (Lipinski definition) is 4. The number of ether oxygens (including phenoxy) is 1. The lowest BCUT2D eigenvalue weighted by molar-refractivity contribution is 0.0921. The number of ketones is 1. The highest BCUT2D eigenvalue weighted by Crippen LogP contribution is 2.23. The summed E-state index contributed by atoms with van der Waals surface area (Å²) in [6, 6.07) is 14.2. The summed E-state index contributed by atoms with van der Waals surface area (Å²) >= 11 is 0. The topological polar surface area (TPSA) is 56.5 Å². The molecule has 0 atom stereocenters. The Morgan fingerprint density at radius 2 is 1.83 bits per heavy atom. The smallest absolute Gasteiger partial charge is 0.336 e. The quantitative estimate of drug-likeness (QED) is 0.545. The predicted octanol–water partition coefficient (Wildman–Crippen LogP) is 3.54. The van der Waals surface area contributed by atoms with Crippen molar-refractivity contribution in [2.75, 3.05) is 6.61 Å². The van der Waals surface area contributed by atoms with E-state index in [1.165, 1.54) is 17.2 Å². The number of hydrogen-bond donors (Lipinski definition) is 0. The first-order valence-electron chi connectivity index (χ1n) is 8.01. The monoisotopic (exact) mass is 320 g/mol. The summed E-state index contributed by atoms with van der Waals surface area (Å²) in [5.74, 6) is 0.450. The van der Waals surface area contributed by atoms with Crippen LogP contribution in [0.25, 0.3) is 11.0 Å². The van der Waals surface area contributed by atoms with Crippen molar-refractivity contribution in [2.45, 2.75) is 19.3 Å². The fourth-order valence-corrected chi connectivity index (χ4v) is 3.11. The van der Waals surface area contributed by atoms with Gasteiger partial charge in [0.15, 0.2) is 12.4 Å². The second kappa shape index (κ2) is 5.96. The van der Waals surface area contributed by atoms with Crippen molar-refractivity contribution in [1.29, 1.82) is 0 Å². The van der Waals surface area contributed by atoms with Crippen molar-refractivity contribution in [3.63, 3.8) is 0 Å². The lowest BCUT2D eigenvalue weighted by Crippen LogP contribution is -2.12. The molecule has 2 aromatic carbocycles. The molecule has 4 rings (SSSR count). The van der Waals surface area contributed by atoms with Gasteiger partial charge in [-0.15, -0.1) is 0 Å². The van der Waals surface area contributed by atoms with Crippen LogP contribution in [-0.2, 0) is 12.8 Å². The van der Waals surface area contributed by atoms with E-state index >= 15 is 0 Å². The largest absolute Gasteiger partial charge is 0.485 e. The van der Waals surface area contributed by atoms with E-state index in [1.807, 2.05) is 18.2 Å². The molecule has 1 aliphatic carbocycles. The van der Waals surface area contributed by atoms with Crippen molar-refractivity contribution in [2.24, 2.45) is 0 Å². The summed E-state index contributed by atoms with van der Waals surface area (Å²) in [6.45, 7) is -0.0403. The molecule has 0 radical (unpaired) electrons. The first-order chi connectivity index (χ1) is 11.7. The summed E-state index contributed by atoms with van der Waals surface area (Å²) in [4.78, 5) is 23.6. The van der Waals surface area contributed by atoms with Crippen molar-refractivity contribution in [1.82, 2.24) is 0 Å². The third-order valence-corrected chi connectivity index (χ3v) is 4.38. The Balaban J connectivity index is 1.50. The van der Waals surface area contributed by atoms with E-state index in [2.05, 4.69) is 0 Å². The molecule has 0 spiro atoms. The number of aryl methyl sites for hydroxylation is 2. The molecule has 0 saturated carbocycles. The number of benzene rings is 2. The molecule has 1 heterocycles. The average Bonchev–Trinajstić information content (AvgIpc) is 3.06. The van der Waals surface area contributed by atoms with Gasteiger partial charge in [0.1, 0.15) is 11.3 Å². The minimum absolute atomic E-state index is 0.0403. The Bertz CT molecular complexity index is 984. The third kappa shape index (κ3) is 2.83. The van der Waals surface area contributed by atoms with Crippen molar-refractivity contribution in [3.05, 3.63) is 75.6 Å². The zero-order valence-electron chi connectivity index (χ0n) is 13.1. The van der Waals surface area contributed by atoms with Crippen LogP contribution in [0, 0.1) is 0 Å². The number of rotatable bonds is 4. The van der Waals surface area contributed by atoms with Crippen molar-refractivity contribution < 1.29 is 13.9 Å². The highest BCUT2D eigenvalue weighted by molar-refractivity contribution is 5.97. The molecule has 4 heteroatoms. The Kier molecular flexibility index (Phi) is 3.65. The molecule has 0 fully saturated rings. The van der Waals surface area contributed by atoms with Crippen LogP contribution in [0.2, 0.25) is 0 Å². The highest BCUT2D eigenvalue weighted by atomic mass is 16.5. The maximum absolute atomic E-state index is 12.3. The summed E-state index contributed by atoms with van der Waals surface area (Å²) < 4.78 is 10.7. The van der Waals surface area contributed by atoms with Crippen LogP contribution < -0.4 is 10.4 Å². The Hall–Kier alpha value is -2.88. The van der Waals surface area contributed by atoms with Crippen LogP contribution in [0.5, 0.6) is 5.75 Å². The fourth-order valence-electron chi connectivity index (χ4n) is 3.11. The van der Waals surface area contributed by atoms with Gasteiger partial charge in [0.25, 0.3) is 0 Å². The summed E-state index contributed by atoms with van der Waals surface area (Å²) in [7, 11) is 0. The maximum atomic E-state index is 12.3. The predicted molar refractivity (Wildman–Crippen MR) is 90.8 cm³/mol. The van der Waals surface area contributed by atoms with Crippen LogP contribution in [0.3, 0.4) is 0 Å². The van der Waals surface area contributed by atoms with Crippen molar-refractivity contribution >= 4 is 16.8 Å². The number of carbonyl (C=O) groups excluding carboxylic acids is 1. The summed E-state index contributed by atoms with van der Waals surface area (Å²) in [5.41, 5.74) is 3.34. The van der Waals surface area contributed by atoms with Gasteiger partial charge in [-0.2, -0.15) is 0 Å². The SMILES string of the molecule is O=C(COc1ccc2ccc(=O)oc2c1)c1ccc2c(c1)CCC2. The van der Waals surface area contributed by atoms with Crippen molar-refractivity contribution in [3.8, 4) is 5.75 Å². The molecule has 1 aromatic heterocycles. The second-order valence-corrected chi connectivity index (χ2v) is 6.00. The van der Waals surface area contributed by atoms with Gasteiger partial charge in [-0.3, -0.25) is 4.79 Å². The average molecular weight is 320 g/mol. The molecule has 1 aliphatic rings. The molecule has 0 unspecified atom stereocenters. The van der Waals surface area contributed by atoms with E-state index in [4.69, 9.17) is 9.15 Å². The van der Waals surface area contributed by atoms with Gasteiger partial charge < -0.3 is 9.15 Å². The van der Waals surface area contributed by atoms with Crippen LogP contribution >= 0.6 is 0 Å². The van der Waals surface area contributed by atoms with Crippen LogP contribution in [0.4, 0.5) is 0 Å². The molecule has 0 amide bonds. The minimum Gasteiger partial charge on any atom is -0.485 e. The van der Waals surface area contributed by atoms with Crippen LogP contribution in [0.1, 0.15) is 27.9 Å². The van der Waals surface area contributed by atoms with Crippen LogP contribution in [-0.4, -0.2) is 12.4 Å². The standard InChI is InChI=1S/C20H16O4/c21-18(16-5-4-13-2-1-3-15(13)10-16)12-23-17-8-6-14-7-9-20(22)24-19(14)11-17/h4-11H,1-3,12H2. The first kappa shape index (κ1) is 14.7. The molecule has 24 heavy (non-hydrogen) atoms. The van der Waals surface area contributed by atoms with Gasteiger partial charge in [-0.25, -0.2) is 4.79 Å². The van der Waals surface area contributed by atoms with E-state index in [-0.39, 0.29) is 12.4 Å². The van der Waals surface area contributed by atoms with E-state index in [9.17, 15) is 9.59 Å². The molecular weight excluding hydrogens is 304 g/mol. The van der Waals surface area contributed by atoms with E-state index in [1.54, 1.807) is 24.3 Å². The van der Waals surface area contributed by atoms with Gasteiger partial charge in [0.05, 0.1) is 0 Å². The number of Topliss-reactive ketones (excluding diaryl/α,β-unsaturated/α-hetero) is 1. The third-order valence-electron chi connectivity index (χ3n) is 4.38. The molecular formula is C20H16O4. The van der Waals surface area contributed by atoms with Gasteiger partial charge in [-0.1, -0.05) is 12.1 Å². The van der Waals surface area contributed by atoms with Gasteiger partial charge >= 0.3 is 5.63 Å². The molecule has 120 valence electrons. The zero-order chi connectivity index (χ0) is 16.5. The Morgan fingerprint density at radius 3 is 2.75 bits per heavy atom. The summed E-state index contributed by atoms with van der Waals surface area (Å²) in [6.07, 6.45) is 3.30. The molecule has 0 N–H and O–H groups in total. The first-order valence-corrected chi connectivity index (χ1v) is 8.01. The molecule has 3 aromatic rings. The van der Waals surface area contributed by atoms with E-state index < -0.39 is 5.63 Å². The zero-order valence-corrected chi connectivity index (χ0v) is 13.1. The van der Waals surface area contributed by atoms with Gasteiger partial charge in [-0.05, 0) is 54.7 Å². The van der Waals surface area contributed by atoms with Gasteiger partial charge in [0, 0.05) is 23.1 Å². The second-order valence-electron chi connectivity index (χ2n) is 6.00. The lowest BCUT2D eigenvalue weighted by atomic mass is 10.0. The molecule has 0 aliphatic heterocycles. The van der Waals surface area contributed by atoms with Crippen LogP contribution in [0.15, 0.2) is 57.7 Å². The summed E-state index contributed by atoms with van der Waals surface area (Å²) in [5, 5.41) is 0.812.